The summed E-state index contributed by atoms with van der Waals surface area (Å²) in [5.41, 5.74) is -1.38. The van der Waals surface area contributed by atoms with Gasteiger partial charge in [-0.3, -0.25) is 33.8 Å². The van der Waals surface area contributed by atoms with Crippen LogP contribution in [0.1, 0.15) is 94.5 Å². The summed E-state index contributed by atoms with van der Waals surface area (Å²) in [6, 6.07) is 4.20. The molecule has 6 aliphatic rings. The Labute approximate surface area is 349 Å². The van der Waals surface area contributed by atoms with Crippen LogP contribution >= 0.6 is 0 Å². The van der Waals surface area contributed by atoms with Crippen LogP contribution in [0.5, 0.6) is 17.2 Å². The zero-order chi connectivity index (χ0) is 43.3. The second kappa shape index (κ2) is 17.0. The van der Waals surface area contributed by atoms with Gasteiger partial charge in [0, 0.05) is 80.8 Å². The van der Waals surface area contributed by atoms with Gasteiger partial charge in [-0.05, 0) is 25.8 Å². The average Bonchev–Trinajstić information content (AvgIpc) is 3.79. The monoisotopic (exact) mass is 848 g/mol. The molecule has 19 heteroatoms. The lowest BCUT2D eigenvalue weighted by Crippen LogP contribution is -2.55. The summed E-state index contributed by atoms with van der Waals surface area (Å²) in [5, 5.41) is 51.2. The van der Waals surface area contributed by atoms with Crippen LogP contribution < -0.4 is 10.2 Å². The Morgan fingerprint density at radius 2 is 1.75 bits per heavy atom. The number of unbranched alkanes of at least 4 members (excludes halogenated alkanes) is 2. The van der Waals surface area contributed by atoms with E-state index in [0.29, 0.717) is 32.4 Å². The molecule has 5 N–H and O–H groups in total. The van der Waals surface area contributed by atoms with Gasteiger partial charge in [0.15, 0.2) is 24.6 Å². The molecule has 4 aliphatic heterocycles. The zero-order valence-electron chi connectivity index (χ0n) is 33.8. The molecule has 0 unspecified atom stereocenters. The minimum Gasteiger partial charge on any atom is -0.507 e. The third-order valence-electron chi connectivity index (χ3n) is 12.4. The maximum Gasteiger partial charge on any atom is 0.253 e. The van der Waals surface area contributed by atoms with E-state index in [-0.39, 0.29) is 77.1 Å². The Hall–Kier alpha value is -5.12. The quantitative estimate of drug-likeness (QED) is 0.0531. The van der Waals surface area contributed by atoms with E-state index in [1.54, 1.807) is 0 Å². The molecule has 0 bridgehead atoms. The Bertz CT molecular complexity index is 2190. The first-order chi connectivity index (χ1) is 29.3. The molecule has 8 atom stereocenters. The molecule has 8 rings (SSSR count). The number of imide groups is 1. The van der Waals surface area contributed by atoms with Gasteiger partial charge in [0.05, 0.1) is 54.9 Å². The number of aliphatic hydroxyl groups excluding tert-OH is 1. The third kappa shape index (κ3) is 7.52. The van der Waals surface area contributed by atoms with E-state index < -0.39 is 96.2 Å². The van der Waals surface area contributed by atoms with E-state index in [4.69, 9.17) is 28.4 Å². The number of carbonyl (C=O) groups is 5. The van der Waals surface area contributed by atoms with Gasteiger partial charge in [-0.2, -0.15) is 5.10 Å². The lowest BCUT2D eigenvalue weighted by molar-refractivity contribution is -0.255. The van der Waals surface area contributed by atoms with Gasteiger partial charge in [-0.25, -0.2) is 5.43 Å². The lowest BCUT2D eigenvalue weighted by atomic mass is 9.71. The van der Waals surface area contributed by atoms with E-state index in [2.05, 4.69) is 15.4 Å². The number of nitrogens with zero attached hydrogens (tertiary/aromatic N) is 3. The van der Waals surface area contributed by atoms with Gasteiger partial charge < -0.3 is 48.8 Å². The highest BCUT2D eigenvalue weighted by Crippen LogP contribution is 2.53. The fourth-order valence-corrected chi connectivity index (χ4v) is 9.41. The molecular formula is C42H48N4O15. The van der Waals surface area contributed by atoms with Crippen LogP contribution in [0.2, 0.25) is 0 Å². The molecule has 0 spiro atoms. The van der Waals surface area contributed by atoms with Crippen molar-refractivity contribution in [2.45, 2.75) is 101 Å². The number of hydrazone groups is 1. The smallest absolute Gasteiger partial charge is 0.253 e. The van der Waals surface area contributed by atoms with Crippen LogP contribution in [0.4, 0.5) is 0 Å². The number of aromatic hydroxyl groups is 2. The van der Waals surface area contributed by atoms with Crippen molar-refractivity contribution in [1.29, 1.82) is 0 Å². The molecule has 61 heavy (non-hydrogen) atoms. The number of ketones is 2. The predicted octanol–water partition coefficient (Wildman–Crippen LogP) is 1.10. The summed E-state index contributed by atoms with van der Waals surface area (Å²) >= 11 is 0. The standard InChI is InChI=1S/C42H48N4O15/c1-20-39-23(45-14-15-58-41(57-3)40(45)61-39)16-30(59-20)60-25-18-42(55,26(19-47)43-44-27(48)10-5-4-6-13-46-28(49)11-12-29(46)50)17-22-32(25)38(54)34-33(36(22)52)35(51)21-8-7-9-24(56-2)31(21)37(34)53/h7-9,11-12,20,23,25,30,39-41,47,52,54-55H,4-6,10,13-19H2,1-3H3,(H,44,48)/t20-,23-,25-,30-,39+,40+,41-,42-/m0/s1. The Morgan fingerprint density at radius 3 is 2.48 bits per heavy atom. The number of phenolic OH excluding ortho intramolecular Hbond substituents is 2. The van der Waals surface area contributed by atoms with Crippen molar-refractivity contribution in [3.05, 3.63) is 63.7 Å². The van der Waals surface area contributed by atoms with Gasteiger partial charge in [-0.15, -0.1) is 0 Å². The van der Waals surface area contributed by atoms with E-state index in [0.717, 1.165) is 4.90 Å². The van der Waals surface area contributed by atoms with Crippen molar-refractivity contribution in [3.63, 3.8) is 0 Å². The molecule has 4 heterocycles. The summed E-state index contributed by atoms with van der Waals surface area (Å²) < 4.78 is 35.9. The first-order valence-corrected chi connectivity index (χ1v) is 20.3. The normalized spacial score (nSPS) is 29.6. The van der Waals surface area contributed by atoms with E-state index in [1.807, 2.05) is 6.92 Å². The number of morpholine rings is 1. The minimum atomic E-state index is -2.15. The number of phenols is 2. The summed E-state index contributed by atoms with van der Waals surface area (Å²) in [4.78, 5) is 68.0. The zero-order valence-corrected chi connectivity index (χ0v) is 33.8. The van der Waals surface area contributed by atoms with Crippen molar-refractivity contribution < 1.29 is 72.8 Å². The molecule has 2 aromatic rings. The molecule has 326 valence electrons. The van der Waals surface area contributed by atoms with Crippen LogP contribution in [0, 0.1) is 0 Å². The number of methoxy groups -OCH3 is 2. The Kier molecular flexibility index (Phi) is 11.8. The van der Waals surface area contributed by atoms with E-state index >= 15 is 0 Å². The first-order valence-electron chi connectivity index (χ1n) is 20.3. The highest BCUT2D eigenvalue weighted by atomic mass is 16.7. The van der Waals surface area contributed by atoms with Crippen molar-refractivity contribution in [2.75, 3.05) is 40.5 Å². The van der Waals surface area contributed by atoms with Crippen molar-refractivity contribution in [2.24, 2.45) is 5.10 Å². The van der Waals surface area contributed by atoms with Crippen molar-refractivity contribution in [3.8, 4) is 17.2 Å². The number of carbonyl (C=O) groups excluding carboxylic acids is 5. The molecule has 3 fully saturated rings. The van der Waals surface area contributed by atoms with E-state index in [1.165, 1.54) is 44.6 Å². The van der Waals surface area contributed by atoms with Crippen LogP contribution in [0.25, 0.3) is 0 Å². The Morgan fingerprint density at radius 1 is 1.00 bits per heavy atom. The average molecular weight is 849 g/mol. The first kappa shape index (κ1) is 42.6. The summed E-state index contributed by atoms with van der Waals surface area (Å²) in [6.07, 6.45) is -1.26. The van der Waals surface area contributed by atoms with Gasteiger partial charge in [0.25, 0.3) is 11.8 Å². The molecule has 0 aromatic heterocycles. The molecule has 3 amide bonds. The maximum atomic E-state index is 14.2. The molecular weight excluding hydrogens is 800 g/mol. The molecule has 3 saturated heterocycles. The Balaban J connectivity index is 1.08. The number of rotatable bonds is 13. The maximum absolute atomic E-state index is 14.2. The largest absolute Gasteiger partial charge is 0.507 e. The van der Waals surface area contributed by atoms with Gasteiger partial charge >= 0.3 is 0 Å². The SMILES string of the molecule is COc1cccc2c1C(=O)c1c(O)c3c(c(O)c1C2=O)C[C@@](O)(C(CO)=NNC(=O)CCCCCN1C(=O)C=CC1=O)C[C@@H]3O[C@H]1C[C@H]2[C@H](O[C@@H]3[C@@H](OC)OCCN32)[C@H](C)O1. The number of hydrogen-bond acceptors (Lipinski definition) is 17. The molecule has 2 aliphatic carbocycles. The number of nitrogens with one attached hydrogen (secondary N) is 1. The highest BCUT2D eigenvalue weighted by Gasteiger charge is 2.55. The van der Waals surface area contributed by atoms with Crippen molar-refractivity contribution in [1.82, 2.24) is 15.2 Å². The summed E-state index contributed by atoms with van der Waals surface area (Å²) in [6.45, 7) is 2.11. The molecule has 0 radical (unpaired) electrons. The van der Waals surface area contributed by atoms with Crippen LogP contribution in [-0.4, -0.2) is 148 Å². The third-order valence-corrected chi connectivity index (χ3v) is 12.4. The summed E-state index contributed by atoms with van der Waals surface area (Å²) in [5.74, 6) is -4.09. The highest BCUT2D eigenvalue weighted by molar-refractivity contribution is 6.31. The van der Waals surface area contributed by atoms with Crippen LogP contribution in [0.15, 0.2) is 35.5 Å². The number of ether oxygens (including phenoxy) is 6. The second-order valence-corrected chi connectivity index (χ2v) is 15.9. The minimum absolute atomic E-state index is 0.00322. The van der Waals surface area contributed by atoms with Gasteiger partial charge in [0.1, 0.15) is 29.0 Å². The fourth-order valence-electron chi connectivity index (χ4n) is 9.41. The molecule has 2 aromatic carbocycles. The van der Waals surface area contributed by atoms with Crippen molar-refractivity contribution >= 4 is 35.0 Å². The summed E-state index contributed by atoms with van der Waals surface area (Å²) in [7, 11) is 2.87. The predicted molar refractivity (Wildman–Crippen MR) is 209 cm³/mol. The van der Waals surface area contributed by atoms with Gasteiger partial charge in [-0.1, -0.05) is 18.6 Å². The van der Waals surface area contributed by atoms with Crippen LogP contribution in [-0.2, 0) is 44.5 Å². The number of hydrogen-bond donors (Lipinski definition) is 5. The number of fused-ring (bicyclic) bond motifs is 6. The lowest BCUT2D eigenvalue weighted by Gasteiger charge is -2.44. The van der Waals surface area contributed by atoms with Gasteiger partial charge in [0.2, 0.25) is 11.7 Å². The number of benzene rings is 2. The van der Waals surface area contributed by atoms with Crippen LogP contribution in [0.3, 0.4) is 0 Å². The molecule has 0 saturated carbocycles. The molecule has 19 nitrogen and oxygen atoms in total. The van der Waals surface area contributed by atoms with E-state index in [9.17, 15) is 44.4 Å². The number of aliphatic hydroxyl groups is 2. The fraction of sp³-hybridized carbons (Fsp3) is 0.524. The second-order valence-electron chi connectivity index (χ2n) is 15.9. The number of amides is 3. The topological polar surface area (TPSA) is 253 Å².